The molecule has 0 spiro atoms. The van der Waals surface area contributed by atoms with Gasteiger partial charge in [0.25, 0.3) is 0 Å². The molecule has 0 aliphatic carbocycles. The van der Waals surface area contributed by atoms with Gasteiger partial charge in [0.15, 0.2) is 0 Å². The topological polar surface area (TPSA) is 72.3 Å². The molecule has 1 N–H and O–H groups in total. The van der Waals surface area contributed by atoms with Crippen LogP contribution in [-0.2, 0) is 0 Å². The van der Waals surface area contributed by atoms with Crippen molar-refractivity contribution < 1.29 is 14.6 Å². The summed E-state index contributed by atoms with van der Waals surface area (Å²) in [6, 6.07) is 0. The normalized spacial score (nSPS) is 8.89. The van der Waals surface area contributed by atoms with Crippen LogP contribution in [0.3, 0.4) is 0 Å². The molecule has 1 heterocycles. The molecule has 48 valence electrons. The summed E-state index contributed by atoms with van der Waals surface area (Å²) >= 11 is 0.887. The highest BCUT2D eigenvalue weighted by Gasteiger charge is 2.00. The van der Waals surface area contributed by atoms with Crippen LogP contribution in [-0.4, -0.2) is 20.8 Å². The van der Waals surface area contributed by atoms with Gasteiger partial charge in [0.1, 0.15) is 6.20 Å². The predicted octanol–water partition coefficient (Wildman–Crippen LogP) is 0.595. The van der Waals surface area contributed by atoms with Crippen molar-refractivity contribution in [2.75, 3.05) is 0 Å². The van der Waals surface area contributed by atoms with E-state index in [1.54, 1.807) is 0 Å². The van der Waals surface area contributed by atoms with E-state index in [0.29, 0.717) is 0 Å². The number of ether oxygens (including phenoxy) is 1. The maximum atomic E-state index is 9.80. The lowest BCUT2D eigenvalue weighted by Gasteiger charge is -1.87. The van der Waals surface area contributed by atoms with Crippen molar-refractivity contribution in [1.82, 2.24) is 9.59 Å². The third kappa shape index (κ3) is 1.65. The molecule has 0 atom stereocenters. The van der Waals surface area contributed by atoms with Gasteiger partial charge in [-0.25, -0.2) is 4.79 Å². The number of carboxylic acid groups (broad SMARTS) is 1. The fourth-order valence-corrected chi connectivity index (χ4v) is 0.667. The summed E-state index contributed by atoms with van der Waals surface area (Å²) in [7, 11) is 0. The first kappa shape index (κ1) is 5.96. The van der Waals surface area contributed by atoms with Crippen LogP contribution in [0.5, 0.6) is 5.06 Å². The SMILES string of the molecule is O=C(O)Oc1cnns1. The molecule has 0 aliphatic heterocycles. The largest absolute Gasteiger partial charge is 0.512 e. The van der Waals surface area contributed by atoms with E-state index in [1.165, 1.54) is 6.20 Å². The lowest BCUT2D eigenvalue weighted by molar-refractivity contribution is 0.146. The average molecular weight is 146 g/mol. The lowest BCUT2D eigenvalue weighted by Crippen LogP contribution is -2.00. The van der Waals surface area contributed by atoms with Crippen LogP contribution in [0.15, 0.2) is 6.20 Å². The van der Waals surface area contributed by atoms with Crippen molar-refractivity contribution in [2.24, 2.45) is 0 Å². The molecular weight excluding hydrogens is 144 g/mol. The van der Waals surface area contributed by atoms with E-state index in [-0.39, 0.29) is 5.06 Å². The van der Waals surface area contributed by atoms with Crippen LogP contribution in [0.4, 0.5) is 4.79 Å². The van der Waals surface area contributed by atoms with Gasteiger partial charge < -0.3 is 9.84 Å². The molecule has 5 nitrogen and oxygen atoms in total. The molecule has 1 rings (SSSR count). The van der Waals surface area contributed by atoms with Crippen molar-refractivity contribution in [3.05, 3.63) is 6.20 Å². The summed E-state index contributed by atoms with van der Waals surface area (Å²) in [5.74, 6) is 0. The molecule has 0 amide bonds. The molecule has 1 aromatic rings. The Morgan fingerprint density at radius 1 is 1.89 bits per heavy atom. The average Bonchev–Trinajstić information content (AvgIpc) is 2.15. The van der Waals surface area contributed by atoms with Crippen molar-refractivity contribution in [1.29, 1.82) is 0 Å². The highest BCUT2D eigenvalue weighted by atomic mass is 32.1. The molecule has 0 radical (unpaired) electrons. The maximum absolute atomic E-state index is 9.80. The first-order valence-electron chi connectivity index (χ1n) is 1.97. The molecule has 0 saturated heterocycles. The predicted molar refractivity (Wildman–Crippen MR) is 28.6 cm³/mol. The van der Waals surface area contributed by atoms with Crippen LogP contribution in [0.2, 0.25) is 0 Å². The summed E-state index contributed by atoms with van der Waals surface area (Å²) < 4.78 is 7.54. The van der Waals surface area contributed by atoms with Crippen molar-refractivity contribution >= 4 is 17.7 Å². The maximum Gasteiger partial charge on any atom is 0.512 e. The van der Waals surface area contributed by atoms with Crippen LogP contribution in [0.1, 0.15) is 0 Å². The molecule has 0 unspecified atom stereocenters. The third-order valence-electron chi connectivity index (χ3n) is 0.529. The smallest absolute Gasteiger partial charge is 0.449 e. The van der Waals surface area contributed by atoms with E-state index in [9.17, 15) is 4.79 Å². The first-order valence-corrected chi connectivity index (χ1v) is 2.74. The summed E-state index contributed by atoms with van der Waals surface area (Å²) in [4.78, 5) is 9.80. The number of rotatable bonds is 1. The zero-order valence-corrected chi connectivity index (χ0v) is 4.96. The Morgan fingerprint density at radius 3 is 3.11 bits per heavy atom. The van der Waals surface area contributed by atoms with E-state index >= 15 is 0 Å². The van der Waals surface area contributed by atoms with Gasteiger partial charge in [0.2, 0.25) is 5.06 Å². The fourth-order valence-electron chi connectivity index (χ4n) is 0.289. The Bertz CT molecular complexity index is 197. The molecule has 0 bridgehead atoms. The molecule has 1 aromatic heterocycles. The summed E-state index contributed by atoms with van der Waals surface area (Å²) in [5.41, 5.74) is 0. The van der Waals surface area contributed by atoms with E-state index in [1.807, 2.05) is 0 Å². The monoisotopic (exact) mass is 146 g/mol. The minimum absolute atomic E-state index is 0.183. The molecular formula is C3H2N2O3S. The number of nitrogens with zero attached hydrogens (tertiary/aromatic N) is 2. The zero-order valence-electron chi connectivity index (χ0n) is 4.14. The lowest BCUT2D eigenvalue weighted by atomic mass is 10.9. The summed E-state index contributed by atoms with van der Waals surface area (Å²) in [5, 5.41) is 11.6. The Hall–Kier alpha value is -1.17. The first-order chi connectivity index (χ1) is 4.29. The van der Waals surface area contributed by atoms with E-state index < -0.39 is 6.16 Å². The van der Waals surface area contributed by atoms with Crippen molar-refractivity contribution in [2.45, 2.75) is 0 Å². The van der Waals surface area contributed by atoms with Gasteiger partial charge in [0, 0.05) is 11.5 Å². The van der Waals surface area contributed by atoms with Crippen molar-refractivity contribution in [3.8, 4) is 5.06 Å². The van der Waals surface area contributed by atoms with Crippen LogP contribution < -0.4 is 4.74 Å². The van der Waals surface area contributed by atoms with Gasteiger partial charge in [-0.05, 0) is 0 Å². The second kappa shape index (κ2) is 2.40. The highest BCUT2D eigenvalue weighted by molar-refractivity contribution is 7.07. The minimum atomic E-state index is -1.35. The molecule has 0 saturated carbocycles. The fraction of sp³-hybridized carbons (Fsp3) is 0. The van der Waals surface area contributed by atoms with Gasteiger partial charge in [-0.3, -0.25) is 0 Å². The molecule has 0 aromatic carbocycles. The van der Waals surface area contributed by atoms with Crippen molar-refractivity contribution in [3.63, 3.8) is 0 Å². The Balaban J connectivity index is 2.58. The van der Waals surface area contributed by atoms with Gasteiger partial charge in [-0.2, -0.15) is 0 Å². The summed E-state index contributed by atoms with van der Waals surface area (Å²) in [6.45, 7) is 0. The second-order valence-electron chi connectivity index (χ2n) is 1.10. The molecule has 9 heavy (non-hydrogen) atoms. The zero-order chi connectivity index (χ0) is 6.69. The summed E-state index contributed by atoms with van der Waals surface area (Å²) in [6.07, 6.45) is -0.111. The molecule has 0 aliphatic rings. The van der Waals surface area contributed by atoms with E-state index in [2.05, 4.69) is 14.3 Å². The number of aromatic nitrogens is 2. The third-order valence-corrected chi connectivity index (χ3v) is 1.07. The quantitative estimate of drug-likeness (QED) is 0.587. The number of carbonyl (C=O) groups is 1. The highest BCUT2D eigenvalue weighted by Crippen LogP contribution is 2.11. The van der Waals surface area contributed by atoms with E-state index in [4.69, 9.17) is 5.11 Å². The number of hydrogen-bond acceptors (Lipinski definition) is 5. The van der Waals surface area contributed by atoms with Gasteiger partial charge in [-0.15, -0.1) is 5.10 Å². The van der Waals surface area contributed by atoms with Crippen LogP contribution in [0.25, 0.3) is 0 Å². The second-order valence-corrected chi connectivity index (χ2v) is 1.85. The molecule has 6 heteroatoms. The minimum Gasteiger partial charge on any atom is -0.449 e. The Kier molecular flexibility index (Phi) is 1.59. The van der Waals surface area contributed by atoms with Gasteiger partial charge in [-0.1, -0.05) is 4.49 Å². The van der Waals surface area contributed by atoms with E-state index in [0.717, 1.165) is 11.5 Å². The Morgan fingerprint density at radius 2 is 2.67 bits per heavy atom. The van der Waals surface area contributed by atoms with Crippen LogP contribution in [0, 0.1) is 0 Å². The molecule has 0 fully saturated rings. The van der Waals surface area contributed by atoms with Gasteiger partial charge >= 0.3 is 6.16 Å². The number of hydrogen-bond donors (Lipinski definition) is 1. The standard InChI is InChI=1S/C3H2N2O3S/c6-3(7)8-2-1-4-5-9-2/h1H,(H,6,7). The van der Waals surface area contributed by atoms with Crippen LogP contribution >= 0.6 is 11.5 Å². The Labute approximate surface area is 54.1 Å². The van der Waals surface area contributed by atoms with Gasteiger partial charge in [0.05, 0.1) is 0 Å².